The maximum absolute atomic E-state index is 11.4. The summed E-state index contributed by atoms with van der Waals surface area (Å²) < 4.78 is 10.2. The van der Waals surface area contributed by atoms with Gasteiger partial charge in [0.05, 0.1) is 18.7 Å². The van der Waals surface area contributed by atoms with Crippen molar-refractivity contribution in [2.45, 2.75) is 19.9 Å². The van der Waals surface area contributed by atoms with Gasteiger partial charge in [-0.25, -0.2) is 4.79 Å². The molecule has 18 heavy (non-hydrogen) atoms. The maximum Gasteiger partial charge on any atom is 0.407 e. The lowest BCUT2D eigenvalue weighted by molar-refractivity contribution is 0.0374. The van der Waals surface area contributed by atoms with Crippen molar-refractivity contribution in [2.24, 2.45) is 5.41 Å². The van der Waals surface area contributed by atoms with Gasteiger partial charge in [0, 0.05) is 5.41 Å². The van der Waals surface area contributed by atoms with Gasteiger partial charge in [0.15, 0.2) is 0 Å². The molecule has 0 aromatic heterocycles. The highest BCUT2D eigenvalue weighted by atomic mass is 16.6. The molecule has 2 rings (SSSR count). The number of amides is 1. The Bertz CT molecular complexity index is 470. The summed E-state index contributed by atoms with van der Waals surface area (Å²) in [4.78, 5) is 11.4. The maximum atomic E-state index is 11.4. The van der Waals surface area contributed by atoms with Gasteiger partial charge in [0.1, 0.15) is 18.1 Å². The molecule has 5 heteroatoms. The van der Waals surface area contributed by atoms with Crippen LogP contribution in [-0.2, 0) is 4.74 Å². The number of carbonyl (C=O) groups excluding carboxylic acids is 1. The van der Waals surface area contributed by atoms with E-state index in [2.05, 4.69) is 5.32 Å². The Morgan fingerprint density at radius 3 is 2.89 bits per heavy atom. The molecule has 2 N–H and O–H groups in total. The fraction of sp³-hybridized carbons (Fsp3) is 0.462. The fourth-order valence-electron chi connectivity index (χ4n) is 2.15. The van der Waals surface area contributed by atoms with Crippen molar-refractivity contribution in [3.05, 3.63) is 23.8 Å². The van der Waals surface area contributed by atoms with Crippen LogP contribution in [0.2, 0.25) is 0 Å². The molecule has 0 radical (unpaired) electrons. The molecular weight excluding hydrogens is 234 g/mol. The van der Waals surface area contributed by atoms with Gasteiger partial charge >= 0.3 is 6.09 Å². The zero-order valence-electron chi connectivity index (χ0n) is 10.7. The van der Waals surface area contributed by atoms with Gasteiger partial charge < -0.3 is 19.9 Å². The van der Waals surface area contributed by atoms with E-state index in [0.29, 0.717) is 17.9 Å². The lowest BCUT2D eigenvalue weighted by Crippen LogP contribution is -2.47. The third-order valence-corrected chi connectivity index (χ3v) is 3.17. The summed E-state index contributed by atoms with van der Waals surface area (Å²) in [5, 5.41) is 12.8. The van der Waals surface area contributed by atoms with Gasteiger partial charge in [-0.3, -0.25) is 0 Å². The molecule has 1 aliphatic heterocycles. The Kier molecular flexibility index (Phi) is 3.07. The van der Waals surface area contributed by atoms with Crippen molar-refractivity contribution in [1.29, 1.82) is 0 Å². The summed E-state index contributed by atoms with van der Waals surface area (Å²) in [5.74, 6) is 0.657. The predicted octanol–water partition coefficient (Wildman–Crippen LogP) is 2.21. The zero-order chi connectivity index (χ0) is 13.3. The highest BCUT2D eigenvalue weighted by Crippen LogP contribution is 2.43. The summed E-state index contributed by atoms with van der Waals surface area (Å²) in [6, 6.07) is 4.68. The lowest BCUT2D eigenvalue weighted by Gasteiger charge is -2.39. The Morgan fingerprint density at radius 2 is 2.22 bits per heavy atom. The molecule has 1 aromatic carbocycles. The summed E-state index contributed by atoms with van der Waals surface area (Å²) in [6.07, 6.45) is -0.482. The molecule has 5 nitrogen and oxygen atoms in total. The number of cyclic esters (lactones) is 1. The van der Waals surface area contributed by atoms with Crippen LogP contribution >= 0.6 is 0 Å². The Labute approximate surface area is 106 Å². The number of hydrogen-bond donors (Lipinski definition) is 2. The normalized spacial score (nSPS) is 21.9. The predicted molar refractivity (Wildman–Crippen MR) is 65.7 cm³/mol. The molecule has 1 atom stereocenters. The van der Waals surface area contributed by atoms with Crippen molar-refractivity contribution in [2.75, 3.05) is 13.7 Å². The molecule has 1 heterocycles. The van der Waals surface area contributed by atoms with Crippen LogP contribution in [0.15, 0.2) is 18.2 Å². The number of benzene rings is 1. The summed E-state index contributed by atoms with van der Waals surface area (Å²) in [5.41, 5.74) is 0.252. The lowest BCUT2D eigenvalue weighted by atomic mass is 9.79. The second-order valence-corrected chi connectivity index (χ2v) is 5.04. The molecule has 98 valence electrons. The highest BCUT2D eigenvalue weighted by Gasteiger charge is 2.40. The van der Waals surface area contributed by atoms with E-state index in [1.807, 2.05) is 13.8 Å². The summed E-state index contributed by atoms with van der Waals surface area (Å²) >= 11 is 0. The molecule has 1 saturated heterocycles. The van der Waals surface area contributed by atoms with Crippen LogP contribution in [0.1, 0.15) is 25.5 Å². The number of aromatic hydroxyl groups is 1. The molecule has 1 fully saturated rings. The topological polar surface area (TPSA) is 67.8 Å². The molecule has 1 aliphatic rings. The van der Waals surface area contributed by atoms with Gasteiger partial charge in [-0.05, 0) is 12.1 Å². The average molecular weight is 251 g/mol. The summed E-state index contributed by atoms with van der Waals surface area (Å²) in [6.45, 7) is 4.22. The van der Waals surface area contributed by atoms with Gasteiger partial charge in [-0.15, -0.1) is 0 Å². The quantitative estimate of drug-likeness (QED) is 0.845. The molecule has 0 saturated carbocycles. The Hall–Kier alpha value is -1.91. The second-order valence-electron chi connectivity index (χ2n) is 5.04. The van der Waals surface area contributed by atoms with Crippen LogP contribution in [-0.4, -0.2) is 24.9 Å². The first-order valence-corrected chi connectivity index (χ1v) is 5.75. The number of phenolic OH excluding ortho intramolecular Hbond substituents is 1. The van der Waals surface area contributed by atoms with Crippen LogP contribution in [0, 0.1) is 5.41 Å². The zero-order valence-corrected chi connectivity index (χ0v) is 10.7. The van der Waals surface area contributed by atoms with Crippen molar-refractivity contribution in [3.8, 4) is 11.5 Å². The van der Waals surface area contributed by atoms with Gasteiger partial charge in [-0.2, -0.15) is 0 Å². The number of methoxy groups -OCH3 is 1. The van der Waals surface area contributed by atoms with E-state index in [0.717, 1.165) is 0 Å². The van der Waals surface area contributed by atoms with Gasteiger partial charge in [0.25, 0.3) is 0 Å². The van der Waals surface area contributed by atoms with E-state index in [-0.39, 0.29) is 17.2 Å². The number of nitrogens with one attached hydrogen (secondary N) is 1. The van der Waals surface area contributed by atoms with Crippen molar-refractivity contribution >= 4 is 6.09 Å². The molecular formula is C13H17NO4. The summed E-state index contributed by atoms with van der Waals surface area (Å²) in [7, 11) is 1.53. The molecule has 1 amide bonds. The first-order chi connectivity index (χ1) is 8.45. The molecule has 1 aromatic rings. The van der Waals surface area contributed by atoms with Crippen LogP contribution in [0.25, 0.3) is 0 Å². The van der Waals surface area contributed by atoms with Crippen molar-refractivity contribution in [3.63, 3.8) is 0 Å². The number of ether oxygens (including phenoxy) is 2. The molecule has 0 bridgehead atoms. The third kappa shape index (κ3) is 2.08. The van der Waals surface area contributed by atoms with E-state index < -0.39 is 6.09 Å². The van der Waals surface area contributed by atoms with Crippen LogP contribution in [0.3, 0.4) is 0 Å². The standard InChI is InChI=1S/C13H17NO4/c1-13(2)7-18-12(16)14-11(13)10-8(15)5-4-6-9(10)17-3/h4-6,11,15H,7H2,1-3H3,(H,14,16)/t11-/m0/s1. The Balaban J connectivity index is 2.49. The van der Waals surface area contributed by atoms with Crippen LogP contribution in [0.4, 0.5) is 4.79 Å². The van der Waals surface area contributed by atoms with E-state index in [9.17, 15) is 9.90 Å². The largest absolute Gasteiger partial charge is 0.507 e. The van der Waals surface area contributed by atoms with E-state index in [1.165, 1.54) is 7.11 Å². The number of carbonyl (C=O) groups is 1. The van der Waals surface area contributed by atoms with Gasteiger partial charge in [0.2, 0.25) is 0 Å². The smallest absolute Gasteiger partial charge is 0.407 e. The second kappa shape index (κ2) is 4.40. The average Bonchev–Trinajstić information content (AvgIpc) is 2.32. The molecule has 0 unspecified atom stereocenters. The van der Waals surface area contributed by atoms with Crippen LogP contribution < -0.4 is 10.1 Å². The van der Waals surface area contributed by atoms with E-state index in [1.54, 1.807) is 18.2 Å². The monoisotopic (exact) mass is 251 g/mol. The molecule has 0 spiro atoms. The van der Waals surface area contributed by atoms with Crippen LogP contribution in [0.5, 0.6) is 11.5 Å². The fourth-order valence-corrected chi connectivity index (χ4v) is 2.15. The highest BCUT2D eigenvalue weighted by molar-refractivity contribution is 5.70. The van der Waals surface area contributed by atoms with Crippen molar-refractivity contribution < 1.29 is 19.4 Å². The number of hydrogen-bond acceptors (Lipinski definition) is 4. The minimum Gasteiger partial charge on any atom is -0.507 e. The third-order valence-electron chi connectivity index (χ3n) is 3.17. The van der Waals surface area contributed by atoms with Gasteiger partial charge in [-0.1, -0.05) is 19.9 Å². The Morgan fingerprint density at radius 1 is 1.50 bits per heavy atom. The van der Waals surface area contributed by atoms with E-state index in [4.69, 9.17) is 9.47 Å². The minimum atomic E-state index is -0.482. The van der Waals surface area contributed by atoms with E-state index >= 15 is 0 Å². The SMILES string of the molecule is COc1cccc(O)c1[C@@H]1NC(=O)OCC1(C)C. The number of phenols is 1. The first kappa shape index (κ1) is 12.5. The molecule has 0 aliphatic carbocycles. The minimum absolute atomic E-state index is 0.106. The van der Waals surface area contributed by atoms with Crippen molar-refractivity contribution in [1.82, 2.24) is 5.32 Å². The first-order valence-electron chi connectivity index (χ1n) is 5.75. The number of alkyl carbamates (subject to hydrolysis) is 1. The number of rotatable bonds is 2.